The number of aromatic amines is 1. The molecule has 0 bridgehead atoms. The number of carboxylic acids is 1. The van der Waals surface area contributed by atoms with Gasteiger partial charge < -0.3 is 10.0 Å². The van der Waals surface area contributed by atoms with Gasteiger partial charge in [0.05, 0.1) is 17.3 Å². The van der Waals surface area contributed by atoms with E-state index >= 15 is 0 Å². The van der Waals surface area contributed by atoms with Gasteiger partial charge in [-0.15, -0.1) is 0 Å². The van der Waals surface area contributed by atoms with Gasteiger partial charge in [-0.25, -0.2) is 4.79 Å². The number of aromatic nitrogens is 2. The largest absolute Gasteiger partial charge is 0.478 e. The Balaban J connectivity index is 1.84. The number of nitrogens with one attached hydrogen (secondary N) is 1. The minimum absolute atomic E-state index is 0.109. The molecule has 0 fully saturated rings. The number of carbonyl (C=O) groups is 2. The highest BCUT2D eigenvalue weighted by molar-refractivity contribution is 5.94. The molecule has 2 aromatic rings. The third-order valence-corrected chi connectivity index (χ3v) is 3.21. The topological polar surface area (TPSA) is 86.3 Å². The average Bonchev–Trinajstić information content (AvgIpc) is 3.06. The van der Waals surface area contributed by atoms with Crippen molar-refractivity contribution in [1.29, 1.82) is 0 Å². The Morgan fingerprint density at radius 1 is 1.21 bits per heavy atom. The fraction of sp³-hybridized carbons (Fsp3) is 0.154. The van der Waals surface area contributed by atoms with E-state index in [1.54, 1.807) is 29.3 Å². The Hall–Kier alpha value is -2.63. The van der Waals surface area contributed by atoms with Gasteiger partial charge in [0.25, 0.3) is 5.91 Å². The molecule has 6 nitrogen and oxygen atoms in total. The van der Waals surface area contributed by atoms with Gasteiger partial charge in [-0.2, -0.15) is 5.10 Å². The Bertz CT molecular complexity index is 649. The first-order valence-electron chi connectivity index (χ1n) is 5.78. The van der Waals surface area contributed by atoms with Crippen LogP contribution in [0.1, 0.15) is 31.8 Å². The van der Waals surface area contributed by atoms with Crippen LogP contribution in [0.25, 0.3) is 0 Å². The number of rotatable bonds is 2. The molecule has 0 atom stereocenters. The number of hydrogen-bond donors (Lipinski definition) is 2. The van der Waals surface area contributed by atoms with Gasteiger partial charge >= 0.3 is 5.97 Å². The number of nitrogens with zero attached hydrogens (tertiary/aromatic N) is 2. The highest BCUT2D eigenvalue weighted by atomic mass is 16.4. The van der Waals surface area contributed by atoms with Crippen molar-refractivity contribution in [3.05, 3.63) is 52.8 Å². The zero-order valence-corrected chi connectivity index (χ0v) is 9.96. The number of carboxylic acid groups (broad SMARTS) is 1. The Morgan fingerprint density at radius 2 is 2.00 bits per heavy atom. The van der Waals surface area contributed by atoms with Gasteiger partial charge in [0.1, 0.15) is 0 Å². The summed E-state index contributed by atoms with van der Waals surface area (Å²) in [5.74, 6) is -1.07. The quantitative estimate of drug-likeness (QED) is 0.848. The lowest BCUT2D eigenvalue weighted by molar-refractivity contribution is 0.0696. The fourth-order valence-corrected chi connectivity index (χ4v) is 2.22. The molecule has 1 aliphatic rings. The second kappa shape index (κ2) is 4.24. The highest BCUT2D eigenvalue weighted by Gasteiger charge is 2.25. The molecule has 0 saturated carbocycles. The summed E-state index contributed by atoms with van der Waals surface area (Å²) in [6.07, 6.45) is 3.03. The number of fused-ring (bicyclic) bond motifs is 1. The number of H-pyrrole nitrogens is 1. The van der Waals surface area contributed by atoms with Crippen molar-refractivity contribution in [1.82, 2.24) is 15.1 Å². The summed E-state index contributed by atoms with van der Waals surface area (Å²) in [5.41, 5.74) is 2.63. The molecular weight excluding hydrogens is 246 g/mol. The van der Waals surface area contributed by atoms with E-state index in [9.17, 15) is 9.59 Å². The summed E-state index contributed by atoms with van der Waals surface area (Å²) in [7, 11) is 0. The van der Waals surface area contributed by atoms with Gasteiger partial charge in [-0.1, -0.05) is 6.07 Å². The minimum Gasteiger partial charge on any atom is -0.478 e. The first-order valence-corrected chi connectivity index (χ1v) is 5.78. The van der Waals surface area contributed by atoms with Crippen LogP contribution in [0.15, 0.2) is 30.6 Å². The van der Waals surface area contributed by atoms with E-state index in [1.807, 2.05) is 0 Å². The zero-order valence-electron chi connectivity index (χ0n) is 9.96. The number of amides is 1. The van der Waals surface area contributed by atoms with Crippen LogP contribution in [0.4, 0.5) is 0 Å². The van der Waals surface area contributed by atoms with Crippen LogP contribution < -0.4 is 0 Å². The predicted octanol–water partition coefficient (Wildman–Crippen LogP) is 1.26. The van der Waals surface area contributed by atoms with E-state index in [0.29, 0.717) is 18.7 Å². The second-order valence-corrected chi connectivity index (χ2v) is 4.44. The fourth-order valence-electron chi connectivity index (χ4n) is 2.22. The van der Waals surface area contributed by atoms with Crippen molar-refractivity contribution in [2.75, 3.05) is 0 Å². The third-order valence-electron chi connectivity index (χ3n) is 3.21. The highest BCUT2D eigenvalue weighted by Crippen LogP contribution is 2.25. The summed E-state index contributed by atoms with van der Waals surface area (Å²) in [5, 5.41) is 15.3. The number of benzene rings is 1. The molecule has 1 aromatic heterocycles. The van der Waals surface area contributed by atoms with E-state index in [0.717, 1.165) is 11.1 Å². The van der Waals surface area contributed by atoms with Crippen LogP contribution >= 0.6 is 0 Å². The van der Waals surface area contributed by atoms with E-state index in [2.05, 4.69) is 10.2 Å². The Morgan fingerprint density at radius 3 is 2.68 bits per heavy atom. The molecule has 1 aromatic carbocycles. The molecule has 2 N–H and O–H groups in total. The number of hydrogen-bond acceptors (Lipinski definition) is 3. The molecule has 2 heterocycles. The maximum Gasteiger partial charge on any atom is 0.335 e. The van der Waals surface area contributed by atoms with E-state index < -0.39 is 5.97 Å². The smallest absolute Gasteiger partial charge is 0.335 e. The van der Waals surface area contributed by atoms with Crippen molar-refractivity contribution in [3.63, 3.8) is 0 Å². The summed E-state index contributed by atoms with van der Waals surface area (Å²) >= 11 is 0. The predicted molar refractivity (Wildman–Crippen MR) is 65.6 cm³/mol. The monoisotopic (exact) mass is 257 g/mol. The van der Waals surface area contributed by atoms with Crippen molar-refractivity contribution < 1.29 is 14.7 Å². The van der Waals surface area contributed by atoms with Crippen molar-refractivity contribution in [2.24, 2.45) is 0 Å². The van der Waals surface area contributed by atoms with Crippen LogP contribution in [-0.2, 0) is 13.1 Å². The van der Waals surface area contributed by atoms with Crippen molar-refractivity contribution in [3.8, 4) is 0 Å². The number of carbonyl (C=O) groups excluding carboxylic acids is 1. The Kier molecular flexibility index (Phi) is 2.56. The van der Waals surface area contributed by atoms with E-state index in [4.69, 9.17) is 5.11 Å². The SMILES string of the molecule is O=C(O)c1ccc2c(c1)CN(C(=O)c1cn[nH]c1)C2. The van der Waals surface area contributed by atoms with Gasteiger partial charge in [0, 0.05) is 19.3 Å². The van der Waals surface area contributed by atoms with Crippen LogP contribution in [0, 0.1) is 0 Å². The summed E-state index contributed by atoms with van der Waals surface area (Å²) < 4.78 is 0. The lowest BCUT2D eigenvalue weighted by atomic mass is 10.1. The van der Waals surface area contributed by atoms with Gasteiger partial charge in [-0.3, -0.25) is 9.89 Å². The van der Waals surface area contributed by atoms with Gasteiger partial charge in [-0.05, 0) is 23.3 Å². The lowest BCUT2D eigenvalue weighted by Crippen LogP contribution is -2.24. The second-order valence-electron chi connectivity index (χ2n) is 4.44. The Labute approximate surface area is 108 Å². The summed E-state index contributed by atoms with van der Waals surface area (Å²) in [6, 6.07) is 4.95. The standard InChI is InChI=1S/C13H11N3O3/c17-12(11-4-14-15-5-11)16-6-9-2-1-8(13(18)19)3-10(9)7-16/h1-5H,6-7H2,(H,14,15)(H,18,19). The van der Waals surface area contributed by atoms with Crippen LogP contribution in [0.2, 0.25) is 0 Å². The third kappa shape index (κ3) is 1.97. The maximum atomic E-state index is 12.1. The lowest BCUT2D eigenvalue weighted by Gasteiger charge is -2.13. The average molecular weight is 257 g/mol. The molecule has 0 spiro atoms. The summed E-state index contributed by atoms with van der Waals surface area (Å²) in [6.45, 7) is 0.930. The molecule has 0 unspecified atom stereocenters. The molecule has 1 amide bonds. The van der Waals surface area contributed by atoms with E-state index in [1.165, 1.54) is 6.20 Å². The maximum absolute atomic E-state index is 12.1. The summed E-state index contributed by atoms with van der Waals surface area (Å²) in [4.78, 5) is 24.7. The van der Waals surface area contributed by atoms with E-state index in [-0.39, 0.29) is 11.5 Å². The molecule has 0 radical (unpaired) electrons. The normalized spacial score (nSPS) is 13.4. The molecule has 6 heteroatoms. The van der Waals surface area contributed by atoms with Gasteiger partial charge in [0.15, 0.2) is 0 Å². The first kappa shape index (κ1) is 11.5. The van der Waals surface area contributed by atoms with Crippen LogP contribution in [-0.4, -0.2) is 32.1 Å². The number of aromatic carboxylic acids is 1. The van der Waals surface area contributed by atoms with Crippen molar-refractivity contribution in [2.45, 2.75) is 13.1 Å². The molecule has 0 aliphatic carbocycles. The minimum atomic E-state index is -0.956. The molecule has 3 rings (SSSR count). The molecule has 0 saturated heterocycles. The first-order chi connectivity index (χ1) is 9.15. The van der Waals surface area contributed by atoms with Crippen LogP contribution in [0.3, 0.4) is 0 Å². The molecule has 19 heavy (non-hydrogen) atoms. The van der Waals surface area contributed by atoms with Crippen LogP contribution in [0.5, 0.6) is 0 Å². The van der Waals surface area contributed by atoms with Crippen molar-refractivity contribution >= 4 is 11.9 Å². The zero-order chi connectivity index (χ0) is 13.4. The molecular formula is C13H11N3O3. The molecule has 1 aliphatic heterocycles. The van der Waals surface area contributed by atoms with Gasteiger partial charge in [0.2, 0.25) is 0 Å². The molecule has 96 valence electrons.